The predicted octanol–water partition coefficient (Wildman–Crippen LogP) is 3.71. The molecule has 0 aliphatic carbocycles. The van der Waals surface area contributed by atoms with Crippen LogP contribution >= 0.6 is 15.9 Å². The van der Waals surface area contributed by atoms with Gasteiger partial charge in [-0.15, -0.1) is 0 Å². The van der Waals surface area contributed by atoms with Gasteiger partial charge in [-0.2, -0.15) is 0 Å². The molecule has 0 spiro atoms. The molecule has 2 nitrogen and oxygen atoms in total. The van der Waals surface area contributed by atoms with E-state index in [-0.39, 0.29) is 10.3 Å². The predicted molar refractivity (Wildman–Crippen MR) is 64.7 cm³/mol. The summed E-state index contributed by atoms with van der Waals surface area (Å²) in [6.07, 6.45) is 0.665. The standard InChI is InChI=1S/C12H14BrFO2/c1-12(2,3)9-10(14)8(13)5-7(6-15)11(9)16-4/h5-6H,1-4H3. The fourth-order valence-corrected chi connectivity index (χ4v) is 2.05. The monoisotopic (exact) mass is 288 g/mol. The Morgan fingerprint density at radius 2 is 2.00 bits per heavy atom. The Kier molecular flexibility index (Phi) is 3.73. The van der Waals surface area contributed by atoms with Crippen molar-refractivity contribution in [2.75, 3.05) is 7.11 Å². The summed E-state index contributed by atoms with van der Waals surface area (Å²) in [6, 6.07) is 1.43. The third-order valence-corrected chi connectivity index (χ3v) is 2.86. The zero-order valence-electron chi connectivity index (χ0n) is 9.73. The second-order valence-corrected chi connectivity index (χ2v) is 5.39. The highest BCUT2D eigenvalue weighted by Gasteiger charge is 2.27. The van der Waals surface area contributed by atoms with Crippen LogP contribution in [0.5, 0.6) is 5.75 Å². The van der Waals surface area contributed by atoms with Crippen LogP contribution in [0.2, 0.25) is 0 Å². The van der Waals surface area contributed by atoms with Crippen LogP contribution in [0.15, 0.2) is 10.5 Å². The van der Waals surface area contributed by atoms with Crippen molar-refractivity contribution in [1.82, 2.24) is 0 Å². The second kappa shape index (κ2) is 4.53. The van der Waals surface area contributed by atoms with Crippen molar-refractivity contribution in [2.45, 2.75) is 26.2 Å². The fourth-order valence-electron chi connectivity index (χ4n) is 1.61. The van der Waals surface area contributed by atoms with Crippen LogP contribution in [0.3, 0.4) is 0 Å². The van der Waals surface area contributed by atoms with Crippen LogP contribution in [-0.4, -0.2) is 13.4 Å². The molecule has 0 saturated heterocycles. The van der Waals surface area contributed by atoms with Crippen molar-refractivity contribution >= 4 is 22.2 Å². The number of aldehydes is 1. The van der Waals surface area contributed by atoms with E-state index in [0.29, 0.717) is 23.2 Å². The number of methoxy groups -OCH3 is 1. The molecule has 0 heterocycles. The molecule has 0 saturated carbocycles. The highest BCUT2D eigenvalue weighted by atomic mass is 79.9. The molecule has 1 aromatic carbocycles. The van der Waals surface area contributed by atoms with E-state index < -0.39 is 5.41 Å². The smallest absolute Gasteiger partial charge is 0.153 e. The molecule has 0 radical (unpaired) electrons. The van der Waals surface area contributed by atoms with E-state index in [1.165, 1.54) is 13.2 Å². The molecule has 0 atom stereocenters. The molecule has 16 heavy (non-hydrogen) atoms. The number of carbonyl (C=O) groups excluding carboxylic acids is 1. The maximum absolute atomic E-state index is 14.0. The number of hydrogen-bond donors (Lipinski definition) is 0. The van der Waals surface area contributed by atoms with E-state index >= 15 is 0 Å². The Morgan fingerprint density at radius 1 is 1.44 bits per heavy atom. The molecule has 1 rings (SSSR count). The summed E-state index contributed by atoms with van der Waals surface area (Å²) in [5.74, 6) is -0.0712. The lowest BCUT2D eigenvalue weighted by Gasteiger charge is -2.24. The van der Waals surface area contributed by atoms with Crippen LogP contribution < -0.4 is 4.74 Å². The minimum atomic E-state index is -0.434. The molecular formula is C12H14BrFO2. The van der Waals surface area contributed by atoms with E-state index in [1.54, 1.807) is 0 Å². The van der Waals surface area contributed by atoms with Crippen molar-refractivity contribution in [2.24, 2.45) is 0 Å². The number of ether oxygens (including phenoxy) is 1. The summed E-state index contributed by atoms with van der Waals surface area (Å²) in [4.78, 5) is 10.9. The SMILES string of the molecule is COc1c(C=O)cc(Br)c(F)c1C(C)(C)C. The highest BCUT2D eigenvalue weighted by molar-refractivity contribution is 9.10. The summed E-state index contributed by atoms with van der Waals surface area (Å²) in [7, 11) is 1.44. The zero-order valence-corrected chi connectivity index (χ0v) is 11.3. The molecule has 0 aromatic heterocycles. The highest BCUT2D eigenvalue weighted by Crippen LogP contribution is 2.38. The van der Waals surface area contributed by atoms with Gasteiger partial charge in [0.1, 0.15) is 11.6 Å². The summed E-state index contributed by atoms with van der Waals surface area (Å²) in [6.45, 7) is 5.61. The van der Waals surface area contributed by atoms with Crippen LogP contribution in [0.1, 0.15) is 36.7 Å². The maximum atomic E-state index is 14.0. The lowest BCUT2D eigenvalue weighted by atomic mass is 9.85. The fraction of sp³-hybridized carbons (Fsp3) is 0.417. The molecular weight excluding hydrogens is 275 g/mol. The summed E-state index contributed by atoms with van der Waals surface area (Å²) >= 11 is 3.10. The number of carbonyl (C=O) groups is 1. The van der Waals surface area contributed by atoms with Gasteiger partial charge in [0.05, 0.1) is 17.1 Å². The number of halogens is 2. The molecule has 0 aliphatic rings. The first kappa shape index (κ1) is 13.2. The first-order valence-corrected chi connectivity index (χ1v) is 5.64. The quantitative estimate of drug-likeness (QED) is 0.776. The van der Waals surface area contributed by atoms with E-state index in [4.69, 9.17) is 4.74 Å². The topological polar surface area (TPSA) is 26.3 Å². The van der Waals surface area contributed by atoms with Gasteiger partial charge < -0.3 is 4.74 Å². The average molecular weight is 289 g/mol. The first-order chi connectivity index (χ1) is 7.32. The zero-order chi connectivity index (χ0) is 12.5. The number of rotatable bonds is 2. The van der Waals surface area contributed by atoms with Crippen molar-refractivity contribution < 1.29 is 13.9 Å². The van der Waals surface area contributed by atoms with Gasteiger partial charge in [-0.3, -0.25) is 4.79 Å². The van der Waals surface area contributed by atoms with E-state index in [9.17, 15) is 9.18 Å². The first-order valence-electron chi connectivity index (χ1n) is 4.84. The van der Waals surface area contributed by atoms with Crippen LogP contribution in [0.4, 0.5) is 4.39 Å². The van der Waals surface area contributed by atoms with E-state index in [0.717, 1.165) is 0 Å². The Balaban J connectivity index is 3.67. The normalized spacial score (nSPS) is 11.4. The van der Waals surface area contributed by atoms with Crippen LogP contribution in [-0.2, 0) is 5.41 Å². The van der Waals surface area contributed by atoms with Gasteiger partial charge in [-0.25, -0.2) is 4.39 Å². The maximum Gasteiger partial charge on any atom is 0.153 e. The molecule has 88 valence electrons. The average Bonchev–Trinajstić information content (AvgIpc) is 2.19. The number of benzene rings is 1. The van der Waals surface area contributed by atoms with Crippen molar-refractivity contribution in [3.05, 3.63) is 27.5 Å². The largest absolute Gasteiger partial charge is 0.496 e. The third kappa shape index (κ3) is 2.26. The molecule has 0 unspecified atom stereocenters. The van der Waals surface area contributed by atoms with Crippen LogP contribution in [0, 0.1) is 5.82 Å². The van der Waals surface area contributed by atoms with Crippen molar-refractivity contribution in [3.63, 3.8) is 0 Å². The molecule has 0 amide bonds. The van der Waals surface area contributed by atoms with Gasteiger partial charge in [0.25, 0.3) is 0 Å². The lowest BCUT2D eigenvalue weighted by Crippen LogP contribution is -2.17. The molecule has 0 N–H and O–H groups in total. The van der Waals surface area contributed by atoms with Crippen LogP contribution in [0.25, 0.3) is 0 Å². The Morgan fingerprint density at radius 3 is 2.38 bits per heavy atom. The molecule has 1 aromatic rings. The Bertz CT molecular complexity index is 422. The number of hydrogen-bond acceptors (Lipinski definition) is 2. The minimum Gasteiger partial charge on any atom is -0.496 e. The second-order valence-electron chi connectivity index (χ2n) is 4.54. The summed E-state index contributed by atoms with van der Waals surface area (Å²) < 4.78 is 19.4. The van der Waals surface area contributed by atoms with Gasteiger partial charge in [0.2, 0.25) is 0 Å². The molecule has 4 heteroatoms. The van der Waals surface area contributed by atoms with Gasteiger partial charge in [-0.1, -0.05) is 20.8 Å². The van der Waals surface area contributed by atoms with Gasteiger partial charge >= 0.3 is 0 Å². The van der Waals surface area contributed by atoms with Gasteiger partial charge in [0.15, 0.2) is 6.29 Å². The Labute approximate surface area is 103 Å². The molecule has 0 aliphatic heterocycles. The molecule has 0 fully saturated rings. The van der Waals surface area contributed by atoms with Crippen molar-refractivity contribution in [1.29, 1.82) is 0 Å². The van der Waals surface area contributed by atoms with E-state index in [2.05, 4.69) is 15.9 Å². The molecule has 0 bridgehead atoms. The van der Waals surface area contributed by atoms with Crippen molar-refractivity contribution in [3.8, 4) is 5.75 Å². The van der Waals surface area contributed by atoms with E-state index in [1.807, 2.05) is 20.8 Å². The summed E-state index contributed by atoms with van der Waals surface area (Å²) in [5, 5.41) is 0. The van der Waals surface area contributed by atoms with Gasteiger partial charge in [0, 0.05) is 5.56 Å². The lowest BCUT2D eigenvalue weighted by molar-refractivity contribution is 0.112. The van der Waals surface area contributed by atoms with Gasteiger partial charge in [-0.05, 0) is 27.4 Å². The minimum absolute atomic E-state index is 0.278. The third-order valence-electron chi connectivity index (χ3n) is 2.28. The Hall–Kier alpha value is -0.900. The summed E-state index contributed by atoms with van der Waals surface area (Å²) in [5.41, 5.74) is 0.323.